The summed E-state index contributed by atoms with van der Waals surface area (Å²) in [6, 6.07) is 16.3. The molecule has 0 spiro atoms. The van der Waals surface area contributed by atoms with Crippen LogP contribution < -0.4 is 0 Å². The lowest BCUT2D eigenvalue weighted by Gasteiger charge is -2.07. The highest BCUT2D eigenvalue weighted by Gasteiger charge is 2.16. The number of aromatic nitrogens is 2. The zero-order valence-corrected chi connectivity index (χ0v) is 16.3. The van der Waals surface area contributed by atoms with Gasteiger partial charge in [0, 0.05) is 11.1 Å². The summed E-state index contributed by atoms with van der Waals surface area (Å²) in [6.45, 7) is 8.23. The van der Waals surface area contributed by atoms with Crippen molar-refractivity contribution in [2.75, 3.05) is 0 Å². The number of rotatable bonds is 2. The molecule has 0 unspecified atom stereocenters. The highest BCUT2D eigenvalue weighted by molar-refractivity contribution is 5.80. The zero-order chi connectivity index (χ0) is 19.4. The Morgan fingerprint density at radius 1 is 0.571 bits per heavy atom. The molecule has 0 radical (unpaired) electrons. The Hall–Kier alpha value is -3.40. The Bertz CT molecular complexity index is 1250. The molecule has 138 valence electrons. The third-order valence-electron chi connectivity index (χ3n) is 5.12. The van der Waals surface area contributed by atoms with Gasteiger partial charge in [0.1, 0.15) is 11.0 Å². The van der Waals surface area contributed by atoms with Crippen molar-refractivity contribution in [1.82, 2.24) is 9.97 Å². The summed E-state index contributed by atoms with van der Waals surface area (Å²) >= 11 is 0. The maximum atomic E-state index is 6.00. The summed E-state index contributed by atoms with van der Waals surface area (Å²) in [7, 11) is 0. The molecule has 4 nitrogen and oxygen atoms in total. The lowest BCUT2D eigenvalue weighted by molar-refractivity contribution is 0.616. The summed E-state index contributed by atoms with van der Waals surface area (Å²) in [5.41, 5.74) is 9.82. The Balaban J connectivity index is 1.62. The largest absolute Gasteiger partial charge is 0.436 e. The van der Waals surface area contributed by atoms with E-state index in [4.69, 9.17) is 8.83 Å². The van der Waals surface area contributed by atoms with Crippen molar-refractivity contribution >= 4 is 22.2 Å². The molecule has 0 N–H and O–H groups in total. The fourth-order valence-electron chi connectivity index (χ4n) is 3.58. The van der Waals surface area contributed by atoms with Gasteiger partial charge in [0.2, 0.25) is 11.8 Å². The number of oxazole rings is 2. The summed E-state index contributed by atoms with van der Waals surface area (Å²) in [5, 5.41) is 0. The molecule has 0 aliphatic carbocycles. The van der Waals surface area contributed by atoms with Crippen LogP contribution in [0.1, 0.15) is 22.3 Å². The van der Waals surface area contributed by atoms with Crippen LogP contribution in [0, 0.1) is 27.7 Å². The zero-order valence-electron chi connectivity index (χ0n) is 16.3. The van der Waals surface area contributed by atoms with Crippen LogP contribution in [0.3, 0.4) is 0 Å². The highest BCUT2D eigenvalue weighted by Crippen LogP contribution is 2.34. The number of nitrogens with zero attached hydrogens (tertiary/aromatic N) is 2. The van der Waals surface area contributed by atoms with Gasteiger partial charge in [0.05, 0.1) is 0 Å². The van der Waals surface area contributed by atoms with Crippen molar-refractivity contribution < 1.29 is 8.83 Å². The first-order valence-electron chi connectivity index (χ1n) is 9.34. The number of fused-ring (bicyclic) bond motifs is 2. The minimum atomic E-state index is 0.640. The second-order valence-electron chi connectivity index (χ2n) is 7.46. The van der Waals surface area contributed by atoms with Gasteiger partial charge in [-0.15, -0.1) is 0 Å². The monoisotopic (exact) mass is 368 g/mol. The number of hydrogen-bond donors (Lipinski definition) is 0. The van der Waals surface area contributed by atoms with Crippen molar-refractivity contribution in [3.05, 3.63) is 70.8 Å². The van der Waals surface area contributed by atoms with Crippen molar-refractivity contribution in [2.24, 2.45) is 0 Å². The molecule has 0 amide bonds. The molecule has 2 heterocycles. The third kappa shape index (κ3) is 2.69. The van der Waals surface area contributed by atoms with E-state index in [1.54, 1.807) is 0 Å². The molecular weight excluding hydrogens is 348 g/mol. The Morgan fingerprint density at radius 2 is 1.00 bits per heavy atom. The molecule has 0 aliphatic heterocycles. The highest BCUT2D eigenvalue weighted by atomic mass is 16.4. The van der Waals surface area contributed by atoms with Gasteiger partial charge >= 0.3 is 0 Å². The van der Waals surface area contributed by atoms with E-state index in [0.717, 1.165) is 44.5 Å². The molecular formula is C24H20N2O2. The molecule has 0 atom stereocenters. The predicted molar refractivity (Wildman–Crippen MR) is 111 cm³/mol. The number of hydrogen-bond acceptors (Lipinski definition) is 4. The second-order valence-corrected chi connectivity index (χ2v) is 7.46. The summed E-state index contributed by atoms with van der Waals surface area (Å²) < 4.78 is 12.0. The van der Waals surface area contributed by atoms with Crippen molar-refractivity contribution in [1.29, 1.82) is 0 Å². The maximum absolute atomic E-state index is 6.00. The van der Waals surface area contributed by atoms with E-state index in [1.165, 1.54) is 11.1 Å². The first-order chi connectivity index (χ1) is 13.5. The van der Waals surface area contributed by atoms with Crippen LogP contribution in [0.15, 0.2) is 57.4 Å². The van der Waals surface area contributed by atoms with Gasteiger partial charge in [-0.05, 0) is 86.3 Å². The first kappa shape index (κ1) is 16.8. The molecule has 5 aromatic rings. The molecule has 28 heavy (non-hydrogen) atoms. The SMILES string of the molecule is Cc1ccc2oc(-c3cc(C)c(-c4nc5cc(C)ccc5o4)cc3C)nc2c1. The summed E-state index contributed by atoms with van der Waals surface area (Å²) in [6.07, 6.45) is 0. The van der Waals surface area contributed by atoms with Crippen molar-refractivity contribution in [3.8, 4) is 22.9 Å². The van der Waals surface area contributed by atoms with Crippen molar-refractivity contribution in [3.63, 3.8) is 0 Å². The minimum Gasteiger partial charge on any atom is -0.436 e. The predicted octanol–water partition coefficient (Wildman–Crippen LogP) is 6.54. The molecule has 2 aromatic heterocycles. The lowest BCUT2D eigenvalue weighted by atomic mass is 10.00. The van der Waals surface area contributed by atoms with E-state index < -0.39 is 0 Å². The van der Waals surface area contributed by atoms with Crippen LogP contribution in [-0.2, 0) is 0 Å². The lowest BCUT2D eigenvalue weighted by Crippen LogP contribution is -1.90. The fourth-order valence-corrected chi connectivity index (χ4v) is 3.58. The van der Waals surface area contributed by atoms with Gasteiger partial charge in [-0.1, -0.05) is 12.1 Å². The van der Waals surface area contributed by atoms with Gasteiger partial charge in [-0.3, -0.25) is 0 Å². The van der Waals surface area contributed by atoms with Crippen molar-refractivity contribution in [2.45, 2.75) is 27.7 Å². The third-order valence-corrected chi connectivity index (χ3v) is 5.12. The normalized spacial score (nSPS) is 11.6. The molecule has 0 saturated carbocycles. The molecule has 5 rings (SSSR count). The van der Waals surface area contributed by atoms with Crippen LogP contribution >= 0.6 is 0 Å². The summed E-state index contributed by atoms with van der Waals surface area (Å²) in [4.78, 5) is 9.37. The second kappa shape index (κ2) is 6.06. The molecule has 3 aromatic carbocycles. The average Bonchev–Trinajstić information content (AvgIpc) is 3.26. The van der Waals surface area contributed by atoms with Crippen LogP contribution in [0.5, 0.6) is 0 Å². The quantitative estimate of drug-likeness (QED) is 0.355. The van der Waals surface area contributed by atoms with E-state index in [0.29, 0.717) is 11.8 Å². The Kier molecular flexibility index (Phi) is 3.63. The summed E-state index contributed by atoms with van der Waals surface area (Å²) in [5.74, 6) is 1.28. The molecule has 0 bridgehead atoms. The number of benzene rings is 3. The smallest absolute Gasteiger partial charge is 0.227 e. The maximum Gasteiger partial charge on any atom is 0.227 e. The van der Waals surface area contributed by atoms with Crippen LogP contribution in [0.4, 0.5) is 0 Å². The van der Waals surface area contributed by atoms with E-state index in [9.17, 15) is 0 Å². The Morgan fingerprint density at radius 3 is 1.43 bits per heavy atom. The average molecular weight is 368 g/mol. The van der Waals surface area contributed by atoms with Crippen LogP contribution in [0.25, 0.3) is 45.1 Å². The van der Waals surface area contributed by atoms with Crippen LogP contribution in [-0.4, -0.2) is 9.97 Å². The Labute approximate surface area is 162 Å². The van der Waals surface area contributed by atoms with Gasteiger partial charge < -0.3 is 8.83 Å². The first-order valence-corrected chi connectivity index (χ1v) is 9.34. The minimum absolute atomic E-state index is 0.640. The van der Waals surface area contributed by atoms with Gasteiger partial charge in [0.15, 0.2) is 11.2 Å². The van der Waals surface area contributed by atoms with Gasteiger partial charge in [-0.25, -0.2) is 9.97 Å². The standard InChI is InChI=1S/C24H20N2O2/c1-13-5-7-21-19(9-13)25-23(27-21)17-11-16(4)18(12-15(17)3)24-26-20-10-14(2)6-8-22(20)28-24/h5-12H,1-4H3. The molecule has 0 aliphatic rings. The van der Waals surface area contributed by atoms with Crippen LogP contribution in [0.2, 0.25) is 0 Å². The molecule has 0 fully saturated rings. The molecule has 4 heteroatoms. The van der Waals surface area contributed by atoms with Gasteiger partial charge in [-0.2, -0.15) is 0 Å². The van der Waals surface area contributed by atoms with E-state index in [1.807, 2.05) is 36.4 Å². The van der Waals surface area contributed by atoms with E-state index in [-0.39, 0.29) is 0 Å². The van der Waals surface area contributed by atoms with E-state index >= 15 is 0 Å². The van der Waals surface area contributed by atoms with Gasteiger partial charge in [0.25, 0.3) is 0 Å². The molecule has 0 saturated heterocycles. The number of aryl methyl sites for hydroxylation is 4. The fraction of sp³-hybridized carbons (Fsp3) is 0.167. The topological polar surface area (TPSA) is 52.1 Å². The van der Waals surface area contributed by atoms with E-state index in [2.05, 4.69) is 49.8 Å².